The Hall–Kier alpha value is -2.17. The summed E-state index contributed by atoms with van der Waals surface area (Å²) >= 11 is 0. The monoisotopic (exact) mass is 203 g/mol. The summed E-state index contributed by atoms with van der Waals surface area (Å²) in [7, 11) is 0. The first-order chi connectivity index (χ1) is 7.25. The molecule has 0 aliphatic carbocycles. The van der Waals surface area contributed by atoms with Crippen molar-refractivity contribution in [3.8, 4) is 11.1 Å². The van der Waals surface area contributed by atoms with Crippen molar-refractivity contribution in [1.29, 1.82) is 0 Å². The molecule has 1 N–H and O–H groups in total. The zero-order valence-corrected chi connectivity index (χ0v) is 7.87. The summed E-state index contributed by atoms with van der Waals surface area (Å²) in [5.41, 5.74) is 1.79. The maximum Gasteiger partial charge on any atom is 0.325 e. The molecular formula is C10H9N3O2. The van der Waals surface area contributed by atoms with Gasteiger partial charge in [-0.3, -0.25) is 14.5 Å². The van der Waals surface area contributed by atoms with Gasteiger partial charge in [0.05, 0.1) is 6.20 Å². The Kier molecular flexibility index (Phi) is 2.45. The van der Waals surface area contributed by atoms with E-state index in [1.54, 1.807) is 24.8 Å². The maximum atomic E-state index is 10.4. The number of pyridine rings is 1. The number of carboxylic acids is 1. The Morgan fingerprint density at radius 1 is 1.40 bits per heavy atom. The van der Waals surface area contributed by atoms with E-state index in [4.69, 9.17) is 5.11 Å². The van der Waals surface area contributed by atoms with Crippen molar-refractivity contribution >= 4 is 5.97 Å². The topological polar surface area (TPSA) is 68.0 Å². The van der Waals surface area contributed by atoms with E-state index in [0.717, 1.165) is 11.1 Å². The number of carboxylic acid groups (broad SMARTS) is 1. The van der Waals surface area contributed by atoms with E-state index >= 15 is 0 Å². The molecule has 0 fully saturated rings. The minimum absolute atomic E-state index is 0.125. The van der Waals surface area contributed by atoms with Crippen molar-refractivity contribution in [2.45, 2.75) is 6.54 Å². The minimum Gasteiger partial charge on any atom is -0.480 e. The number of nitrogens with zero attached hydrogens (tertiary/aromatic N) is 3. The van der Waals surface area contributed by atoms with E-state index in [1.807, 2.05) is 12.1 Å². The number of hydrogen-bond donors (Lipinski definition) is 1. The van der Waals surface area contributed by atoms with Crippen molar-refractivity contribution in [1.82, 2.24) is 14.8 Å². The van der Waals surface area contributed by atoms with Gasteiger partial charge in [-0.05, 0) is 6.07 Å². The smallest absolute Gasteiger partial charge is 0.325 e. The zero-order valence-electron chi connectivity index (χ0n) is 7.87. The molecule has 76 valence electrons. The van der Waals surface area contributed by atoms with Crippen molar-refractivity contribution < 1.29 is 9.90 Å². The summed E-state index contributed by atoms with van der Waals surface area (Å²) in [4.78, 5) is 14.4. The van der Waals surface area contributed by atoms with Crippen molar-refractivity contribution in [3.05, 3.63) is 36.9 Å². The van der Waals surface area contributed by atoms with Gasteiger partial charge in [-0.2, -0.15) is 5.10 Å². The summed E-state index contributed by atoms with van der Waals surface area (Å²) in [5.74, 6) is -0.907. The molecule has 0 amide bonds. The van der Waals surface area contributed by atoms with Gasteiger partial charge in [0, 0.05) is 29.7 Å². The first-order valence-corrected chi connectivity index (χ1v) is 4.40. The molecule has 0 unspecified atom stereocenters. The number of carbonyl (C=O) groups is 1. The number of hydrogen-bond acceptors (Lipinski definition) is 3. The van der Waals surface area contributed by atoms with Gasteiger partial charge in [-0.1, -0.05) is 6.07 Å². The molecule has 2 rings (SSSR count). The van der Waals surface area contributed by atoms with Crippen LogP contribution in [0.2, 0.25) is 0 Å². The predicted molar refractivity (Wildman–Crippen MR) is 53.1 cm³/mol. The normalized spacial score (nSPS) is 10.1. The van der Waals surface area contributed by atoms with E-state index in [2.05, 4.69) is 10.1 Å². The van der Waals surface area contributed by atoms with E-state index < -0.39 is 5.97 Å². The lowest BCUT2D eigenvalue weighted by atomic mass is 10.2. The van der Waals surface area contributed by atoms with Crippen molar-refractivity contribution in [2.24, 2.45) is 0 Å². The van der Waals surface area contributed by atoms with Crippen LogP contribution in [0.1, 0.15) is 0 Å². The molecule has 5 heteroatoms. The highest BCUT2D eigenvalue weighted by Gasteiger charge is 2.03. The molecule has 0 atom stereocenters. The largest absolute Gasteiger partial charge is 0.480 e. The molecule has 0 saturated heterocycles. The summed E-state index contributed by atoms with van der Waals surface area (Å²) in [6.07, 6.45) is 6.71. The average Bonchev–Trinajstić information content (AvgIpc) is 2.67. The Morgan fingerprint density at radius 3 is 2.93 bits per heavy atom. The Bertz CT molecular complexity index is 465. The molecule has 0 aromatic carbocycles. The van der Waals surface area contributed by atoms with Crippen LogP contribution in [0.4, 0.5) is 0 Å². The molecule has 0 bridgehead atoms. The summed E-state index contributed by atoms with van der Waals surface area (Å²) in [6.45, 7) is -0.125. The lowest BCUT2D eigenvalue weighted by Crippen LogP contribution is -2.08. The molecule has 0 spiro atoms. The van der Waals surface area contributed by atoms with Crippen LogP contribution in [0.5, 0.6) is 0 Å². The van der Waals surface area contributed by atoms with Crippen LogP contribution < -0.4 is 0 Å². The first-order valence-electron chi connectivity index (χ1n) is 4.40. The van der Waals surface area contributed by atoms with Crippen molar-refractivity contribution in [3.63, 3.8) is 0 Å². The van der Waals surface area contributed by atoms with E-state index in [0.29, 0.717) is 0 Å². The average molecular weight is 203 g/mol. The maximum absolute atomic E-state index is 10.4. The fraction of sp³-hybridized carbons (Fsp3) is 0.100. The predicted octanol–water partition coefficient (Wildman–Crippen LogP) is 1.03. The van der Waals surface area contributed by atoms with E-state index in [9.17, 15) is 4.79 Å². The van der Waals surface area contributed by atoms with Crippen molar-refractivity contribution in [2.75, 3.05) is 0 Å². The first kappa shape index (κ1) is 9.39. The second-order valence-electron chi connectivity index (χ2n) is 3.06. The highest BCUT2D eigenvalue weighted by Crippen LogP contribution is 2.16. The Morgan fingerprint density at radius 2 is 2.27 bits per heavy atom. The molecule has 5 nitrogen and oxygen atoms in total. The van der Waals surface area contributed by atoms with Crippen LogP contribution >= 0.6 is 0 Å². The molecule has 0 radical (unpaired) electrons. The number of aliphatic carboxylic acids is 1. The molecule has 2 aromatic heterocycles. The second-order valence-corrected chi connectivity index (χ2v) is 3.06. The van der Waals surface area contributed by atoms with Crippen LogP contribution in [0.3, 0.4) is 0 Å². The third-order valence-electron chi connectivity index (χ3n) is 1.93. The molecule has 2 heterocycles. The Balaban J connectivity index is 2.24. The quantitative estimate of drug-likeness (QED) is 0.808. The van der Waals surface area contributed by atoms with Crippen LogP contribution in [0.25, 0.3) is 11.1 Å². The van der Waals surface area contributed by atoms with Crippen LogP contribution in [0.15, 0.2) is 36.9 Å². The van der Waals surface area contributed by atoms with Crippen LogP contribution in [-0.4, -0.2) is 25.8 Å². The Labute approximate surface area is 86.0 Å². The zero-order chi connectivity index (χ0) is 10.7. The van der Waals surface area contributed by atoms with Crippen LogP contribution in [0, 0.1) is 0 Å². The summed E-state index contributed by atoms with van der Waals surface area (Å²) < 4.78 is 1.38. The summed E-state index contributed by atoms with van der Waals surface area (Å²) in [6, 6.07) is 3.72. The second kappa shape index (κ2) is 3.91. The highest BCUT2D eigenvalue weighted by molar-refractivity contribution is 5.67. The van der Waals surface area contributed by atoms with Gasteiger partial charge < -0.3 is 5.11 Å². The van der Waals surface area contributed by atoms with E-state index in [-0.39, 0.29) is 6.54 Å². The third kappa shape index (κ3) is 2.19. The fourth-order valence-electron chi connectivity index (χ4n) is 1.27. The van der Waals surface area contributed by atoms with Gasteiger partial charge in [-0.25, -0.2) is 0 Å². The molecule has 15 heavy (non-hydrogen) atoms. The summed E-state index contributed by atoms with van der Waals surface area (Å²) in [5, 5.41) is 12.5. The lowest BCUT2D eigenvalue weighted by Gasteiger charge is -1.95. The molecule has 0 saturated carbocycles. The minimum atomic E-state index is -0.907. The van der Waals surface area contributed by atoms with Crippen LogP contribution in [-0.2, 0) is 11.3 Å². The number of rotatable bonds is 3. The fourth-order valence-corrected chi connectivity index (χ4v) is 1.27. The molecule has 0 aliphatic rings. The standard InChI is InChI=1S/C10H9N3O2/c14-10(15)7-13-6-9(5-12-13)8-2-1-3-11-4-8/h1-6H,7H2,(H,14,15). The molecule has 2 aromatic rings. The molecule has 0 aliphatic heterocycles. The van der Waals surface area contributed by atoms with Gasteiger partial charge in [0.15, 0.2) is 0 Å². The van der Waals surface area contributed by atoms with Gasteiger partial charge in [-0.15, -0.1) is 0 Å². The molecular weight excluding hydrogens is 194 g/mol. The number of aromatic nitrogens is 3. The highest BCUT2D eigenvalue weighted by atomic mass is 16.4. The van der Waals surface area contributed by atoms with E-state index in [1.165, 1.54) is 4.68 Å². The van der Waals surface area contributed by atoms with Gasteiger partial charge in [0.25, 0.3) is 0 Å². The van der Waals surface area contributed by atoms with Gasteiger partial charge >= 0.3 is 5.97 Å². The SMILES string of the molecule is O=C(O)Cn1cc(-c2cccnc2)cn1. The third-order valence-corrected chi connectivity index (χ3v) is 1.93. The lowest BCUT2D eigenvalue weighted by molar-refractivity contribution is -0.137. The van der Waals surface area contributed by atoms with Gasteiger partial charge in [0.1, 0.15) is 6.54 Å². The van der Waals surface area contributed by atoms with Gasteiger partial charge in [0.2, 0.25) is 0 Å².